The Morgan fingerprint density at radius 3 is 1.77 bits per heavy atom. The molecule has 0 fully saturated rings. The van der Waals surface area contributed by atoms with E-state index in [0.717, 1.165) is 38.9 Å². The number of rotatable bonds is 5. The van der Waals surface area contributed by atoms with Gasteiger partial charge in [0.2, 0.25) is 0 Å². The van der Waals surface area contributed by atoms with Crippen LogP contribution in [0, 0.1) is 0 Å². The van der Waals surface area contributed by atoms with Crippen molar-refractivity contribution in [2.45, 2.75) is 19.3 Å². The third-order valence-electron chi connectivity index (χ3n) is 13.4. The van der Waals surface area contributed by atoms with Gasteiger partial charge in [-0.1, -0.05) is 184 Å². The van der Waals surface area contributed by atoms with Gasteiger partial charge in [-0.25, -0.2) is 15.0 Å². The van der Waals surface area contributed by atoms with E-state index in [1.54, 1.807) is 0 Å². The molecule has 0 N–H and O–H groups in total. The quantitative estimate of drug-likeness (QED) is 0.174. The van der Waals surface area contributed by atoms with Crippen LogP contribution >= 0.6 is 0 Å². The summed E-state index contributed by atoms with van der Waals surface area (Å²) in [4.78, 5) is 15.8. The van der Waals surface area contributed by atoms with Crippen molar-refractivity contribution in [3.05, 3.63) is 205 Å². The van der Waals surface area contributed by atoms with E-state index in [4.69, 9.17) is 15.0 Å². The zero-order chi connectivity index (χ0) is 41.1. The van der Waals surface area contributed by atoms with Crippen molar-refractivity contribution >= 4 is 32.6 Å². The maximum Gasteiger partial charge on any atom is 0.164 e. The summed E-state index contributed by atoms with van der Waals surface area (Å²) in [5.74, 6) is 1.89. The van der Waals surface area contributed by atoms with Gasteiger partial charge in [0, 0.05) is 44.0 Å². The second-order valence-corrected chi connectivity index (χ2v) is 17.2. The molecule has 290 valence electrons. The SMILES string of the molecule is CC1(C)c2cccc3c2-c2c1ccc1c4ccc(-c5nc(-c6ccc(-c7ccccc7)cc6)nc(-c6cccc(-c7ccc8ccccc8c7)c6)n5)cc4n(c21)-c1ccccc1-3. The van der Waals surface area contributed by atoms with E-state index in [1.807, 2.05) is 6.07 Å². The lowest BCUT2D eigenvalue weighted by atomic mass is 9.81. The average molecular weight is 791 g/mol. The van der Waals surface area contributed by atoms with Crippen LogP contribution in [0.1, 0.15) is 25.0 Å². The fraction of sp³-hybridized carbons (Fsp3) is 0.0517. The van der Waals surface area contributed by atoms with Gasteiger partial charge in [-0.2, -0.15) is 0 Å². The summed E-state index contributed by atoms with van der Waals surface area (Å²) in [5, 5.41) is 4.89. The summed E-state index contributed by atoms with van der Waals surface area (Å²) in [6.45, 7) is 4.74. The Morgan fingerprint density at radius 1 is 0.371 bits per heavy atom. The number of para-hydroxylation sites is 1. The lowest BCUT2D eigenvalue weighted by Gasteiger charge is -2.22. The largest absolute Gasteiger partial charge is 0.308 e. The summed E-state index contributed by atoms with van der Waals surface area (Å²) >= 11 is 0. The van der Waals surface area contributed by atoms with Gasteiger partial charge in [0.15, 0.2) is 17.5 Å². The van der Waals surface area contributed by atoms with Crippen LogP contribution in [-0.2, 0) is 5.41 Å². The van der Waals surface area contributed by atoms with Crippen molar-refractivity contribution in [3.8, 4) is 84.4 Å². The van der Waals surface area contributed by atoms with Gasteiger partial charge in [-0.05, 0) is 79.5 Å². The van der Waals surface area contributed by atoms with Crippen molar-refractivity contribution in [3.63, 3.8) is 0 Å². The molecule has 0 atom stereocenters. The van der Waals surface area contributed by atoms with E-state index in [2.05, 4.69) is 206 Å². The summed E-state index contributed by atoms with van der Waals surface area (Å²) < 4.78 is 2.51. The molecular formula is C58H38N4. The monoisotopic (exact) mass is 790 g/mol. The first-order chi connectivity index (χ1) is 30.5. The molecule has 1 aliphatic heterocycles. The van der Waals surface area contributed by atoms with Crippen LogP contribution in [-0.4, -0.2) is 19.5 Å². The molecule has 2 aromatic heterocycles. The summed E-state index contributed by atoms with van der Waals surface area (Å²) in [7, 11) is 0. The molecule has 0 spiro atoms. The smallest absolute Gasteiger partial charge is 0.164 e. The normalized spacial score (nSPS) is 13.1. The first kappa shape index (κ1) is 34.9. The highest BCUT2D eigenvalue weighted by Crippen LogP contribution is 2.58. The standard InChI is InChI=1S/C58H38N4/c1-58(2)48-20-11-19-46-44-18-8-9-21-50(44)62-51-34-43(28-29-45(51)47-30-31-49(58)53(52(46)48)54(47)62)57-60-55(38-25-22-37(23-26-38)35-12-4-3-5-13-35)59-56(61-57)42-17-10-16-40(33-42)41-27-24-36-14-6-7-15-39(36)32-41/h3-34H,1-2H3. The number of hydrogen-bond donors (Lipinski definition) is 0. The Hall–Kier alpha value is -7.95. The lowest BCUT2D eigenvalue weighted by Crippen LogP contribution is -2.15. The second kappa shape index (κ2) is 13.0. The maximum atomic E-state index is 5.30. The molecule has 0 radical (unpaired) electrons. The van der Waals surface area contributed by atoms with Crippen LogP contribution in [0.15, 0.2) is 194 Å². The fourth-order valence-corrected chi connectivity index (χ4v) is 10.3. The molecule has 0 unspecified atom stereocenters. The van der Waals surface area contributed by atoms with Gasteiger partial charge in [0.1, 0.15) is 0 Å². The Labute approximate surface area is 359 Å². The number of nitrogens with zero attached hydrogens (tertiary/aromatic N) is 4. The van der Waals surface area contributed by atoms with Crippen LogP contribution in [0.5, 0.6) is 0 Å². The number of hydrogen-bond acceptors (Lipinski definition) is 3. The molecule has 4 nitrogen and oxygen atoms in total. The van der Waals surface area contributed by atoms with E-state index in [9.17, 15) is 0 Å². The predicted octanol–water partition coefficient (Wildman–Crippen LogP) is 14.7. The molecule has 4 heteroatoms. The molecule has 3 heterocycles. The zero-order valence-electron chi connectivity index (χ0n) is 34.3. The first-order valence-corrected chi connectivity index (χ1v) is 21.4. The van der Waals surface area contributed by atoms with Crippen LogP contribution in [0.3, 0.4) is 0 Å². The molecule has 62 heavy (non-hydrogen) atoms. The van der Waals surface area contributed by atoms with E-state index in [-0.39, 0.29) is 5.41 Å². The molecule has 0 saturated heterocycles. The minimum atomic E-state index is -0.115. The number of fused-ring (bicyclic) bond motifs is 7. The van der Waals surface area contributed by atoms with E-state index in [0.29, 0.717) is 17.5 Å². The van der Waals surface area contributed by atoms with Gasteiger partial charge in [0.05, 0.1) is 16.7 Å². The minimum Gasteiger partial charge on any atom is -0.308 e. The van der Waals surface area contributed by atoms with Crippen LogP contribution < -0.4 is 0 Å². The summed E-state index contributed by atoms with van der Waals surface area (Å²) in [6.07, 6.45) is 0. The molecule has 9 aromatic carbocycles. The number of benzene rings is 9. The van der Waals surface area contributed by atoms with E-state index < -0.39 is 0 Å². The average Bonchev–Trinajstić information content (AvgIpc) is 3.74. The highest BCUT2D eigenvalue weighted by molar-refractivity contribution is 6.19. The van der Waals surface area contributed by atoms with Crippen molar-refractivity contribution in [2.75, 3.05) is 0 Å². The van der Waals surface area contributed by atoms with Crippen molar-refractivity contribution < 1.29 is 0 Å². The van der Waals surface area contributed by atoms with Crippen molar-refractivity contribution in [1.82, 2.24) is 19.5 Å². The Bertz CT molecular complexity index is 3650. The molecule has 1 aliphatic carbocycles. The molecular weight excluding hydrogens is 753 g/mol. The van der Waals surface area contributed by atoms with Crippen molar-refractivity contribution in [2.24, 2.45) is 0 Å². The second-order valence-electron chi connectivity index (χ2n) is 17.2. The predicted molar refractivity (Wildman–Crippen MR) is 255 cm³/mol. The maximum absolute atomic E-state index is 5.30. The molecule has 2 aliphatic rings. The van der Waals surface area contributed by atoms with E-state index >= 15 is 0 Å². The molecule has 0 amide bonds. The van der Waals surface area contributed by atoms with E-state index in [1.165, 1.54) is 71.7 Å². The van der Waals surface area contributed by atoms with Gasteiger partial charge in [-0.15, -0.1) is 0 Å². The minimum absolute atomic E-state index is 0.115. The third kappa shape index (κ3) is 5.10. The molecule has 13 rings (SSSR count). The van der Waals surface area contributed by atoms with Gasteiger partial charge in [-0.3, -0.25) is 0 Å². The van der Waals surface area contributed by atoms with Crippen LogP contribution in [0.2, 0.25) is 0 Å². The first-order valence-electron chi connectivity index (χ1n) is 21.4. The van der Waals surface area contributed by atoms with Gasteiger partial charge < -0.3 is 4.57 Å². The Balaban J connectivity index is 1.02. The molecule has 0 bridgehead atoms. The zero-order valence-corrected chi connectivity index (χ0v) is 34.3. The number of aromatic nitrogens is 4. The van der Waals surface area contributed by atoms with Crippen LogP contribution in [0.25, 0.3) is 117 Å². The van der Waals surface area contributed by atoms with Gasteiger partial charge in [0.25, 0.3) is 0 Å². The third-order valence-corrected chi connectivity index (χ3v) is 13.4. The highest BCUT2D eigenvalue weighted by Gasteiger charge is 2.40. The molecule has 0 saturated carbocycles. The van der Waals surface area contributed by atoms with Gasteiger partial charge >= 0.3 is 0 Å². The lowest BCUT2D eigenvalue weighted by molar-refractivity contribution is 0.661. The Morgan fingerprint density at radius 2 is 0.935 bits per heavy atom. The molecule has 11 aromatic rings. The fourth-order valence-electron chi connectivity index (χ4n) is 10.3. The summed E-state index contributed by atoms with van der Waals surface area (Å²) in [6, 6.07) is 69.9. The summed E-state index contributed by atoms with van der Waals surface area (Å²) in [5.41, 5.74) is 18.8. The van der Waals surface area contributed by atoms with Crippen LogP contribution in [0.4, 0.5) is 0 Å². The van der Waals surface area contributed by atoms with Crippen molar-refractivity contribution in [1.29, 1.82) is 0 Å². The highest BCUT2D eigenvalue weighted by atomic mass is 15.0. The Kier molecular flexibility index (Phi) is 7.32. The topological polar surface area (TPSA) is 43.6 Å².